The predicted octanol–water partition coefficient (Wildman–Crippen LogP) is 5.16. The molecular weight excluding hydrogens is 511 g/mol. The summed E-state index contributed by atoms with van der Waals surface area (Å²) in [7, 11) is -2.39. The van der Waals surface area contributed by atoms with E-state index in [1.54, 1.807) is 12.5 Å². The van der Waals surface area contributed by atoms with Crippen LogP contribution in [0.5, 0.6) is 5.75 Å². The average molecular weight is 545 g/mol. The molecule has 0 saturated carbocycles. The monoisotopic (exact) mass is 544 g/mol. The highest BCUT2D eigenvalue weighted by molar-refractivity contribution is 7.93. The fourth-order valence-corrected chi connectivity index (χ4v) is 7.79. The van der Waals surface area contributed by atoms with E-state index < -0.39 is 15.8 Å². The highest BCUT2D eigenvalue weighted by atomic mass is 32.2. The van der Waals surface area contributed by atoms with E-state index >= 15 is 4.39 Å². The number of nitrogens with zero attached hydrogens (tertiary/aromatic N) is 2. The first-order valence-corrected chi connectivity index (χ1v) is 15.0. The summed E-state index contributed by atoms with van der Waals surface area (Å²) >= 11 is 1.15. The standard InChI is InChI=1S/C27H33FN4O3S2/c1-3-21-14-25(37(33,34)31-26-29-10-12-36-26)23(28)15-24(21)30-18-27-9-4-11-32(27)17-20(16-27)13-19-5-7-22(35-2)8-6-19/h5-8,10,12,14-15,20,30H,3-4,9,11,13,16-18H2,1-2H3,(H,29,31). The van der Waals surface area contributed by atoms with Crippen molar-refractivity contribution in [3.8, 4) is 5.75 Å². The number of fused-ring (bicyclic) bond motifs is 1. The second-order valence-electron chi connectivity index (χ2n) is 9.99. The minimum absolute atomic E-state index is 0.0375. The number of rotatable bonds is 10. The zero-order valence-corrected chi connectivity index (χ0v) is 22.8. The summed E-state index contributed by atoms with van der Waals surface area (Å²) in [5, 5.41) is 5.38. The van der Waals surface area contributed by atoms with Gasteiger partial charge in [-0.05, 0) is 80.0 Å². The van der Waals surface area contributed by atoms with Crippen LogP contribution in [0.3, 0.4) is 0 Å². The number of thiazole rings is 1. The molecule has 198 valence electrons. The van der Waals surface area contributed by atoms with Crippen LogP contribution < -0.4 is 14.8 Å². The largest absolute Gasteiger partial charge is 0.497 e. The summed E-state index contributed by atoms with van der Waals surface area (Å²) in [6.07, 6.45) is 6.45. The molecule has 37 heavy (non-hydrogen) atoms. The van der Waals surface area contributed by atoms with Gasteiger partial charge in [-0.25, -0.2) is 17.8 Å². The van der Waals surface area contributed by atoms with Crippen molar-refractivity contribution in [3.05, 3.63) is 64.9 Å². The Morgan fingerprint density at radius 1 is 1.27 bits per heavy atom. The second kappa shape index (κ2) is 10.6. The quantitative estimate of drug-likeness (QED) is 0.367. The minimum atomic E-state index is -4.07. The molecule has 2 unspecified atom stereocenters. The summed E-state index contributed by atoms with van der Waals surface area (Å²) in [4.78, 5) is 6.18. The Hall–Kier alpha value is -2.69. The highest BCUT2D eigenvalue weighted by Crippen LogP contribution is 2.43. The number of hydrogen-bond acceptors (Lipinski definition) is 7. The van der Waals surface area contributed by atoms with Crippen molar-refractivity contribution in [1.82, 2.24) is 9.88 Å². The van der Waals surface area contributed by atoms with Gasteiger partial charge in [-0.3, -0.25) is 9.62 Å². The van der Waals surface area contributed by atoms with E-state index in [1.807, 2.05) is 19.1 Å². The van der Waals surface area contributed by atoms with Gasteiger partial charge in [0.15, 0.2) is 5.13 Å². The van der Waals surface area contributed by atoms with Crippen molar-refractivity contribution in [3.63, 3.8) is 0 Å². The number of hydrogen-bond donors (Lipinski definition) is 2. The topological polar surface area (TPSA) is 83.6 Å². The van der Waals surface area contributed by atoms with Gasteiger partial charge in [0.05, 0.1) is 7.11 Å². The number of sulfonamides is 1. The molecule has 1 aromatic heterocycles. The third kappa shape index (κ3) is 5.46. The van der Waals surface area contributed by atoms with E-state index in [1.165, 1.54) is 23.9 Å². The van der Waals surface area contributed by atoms with Crippen LogP contribution in [-0.2, 0) is 22.9 Å². The molecule has 2 saturated heterocycles. The predicted molar refractivity (Wildman–Crippen MR) is 146 cm³/mol. The van der Waals surface area contributed by atoms with E-state index in [0.29, 0.717) is 24.6 Å². The number of benzene rings is 2. The first-order valence-electron chi connectivity index (χ1n) is 12.7. The zero-order chi connectivity index (χ0) is 26.0. The smallest absolute Gasteiger partial charge is 0.266 e. The molecule has 2 N–H and O–H groups in total. The fourth-order valence-electron chi connectivity index (χ4n) is 5.89. The Kier molecular flexibility index (Phi) is 7.42. The SMILES string of the molecule is CCc1cc(S(=O)(=O)Nc2nccs2)c(F)cc1NCC12CCCN1CC(Cc1ccc(OC)cc1)C2. The number of aromatic nitrogens is 1. The van der Waals surface area contributed by atoms with Crippen LogP contribution in [0.15, 0.2) is 52.9 Å². The van der Waals surface area contributed by atoms with Gasteiger partial charge in [-0.2, -0.15) is 0 Å². The molecule has 0 radical (unpaired) electrons. The molecule has 2 fully saturated rings. The number of anilines is 2. The van der Waals surface area contributed by atoms with Gasteiger partial charge in [-0.1, -0.05) is 19.1 Å². The van der Waals surface area contributed by atoms with E-state index in [0.717, 1.165) is 61.4 Å². The summed E-state index contributed by atoms with van der Waals surface area (Å²) in [5.74, 6) is 0.656. The lowest BCUT2D eigenvalue weighted by Gasteiger charge is -2.33. The molecule has 2 aliphatic heterocycles. The molecule has 0 bridgehead atoms. The summed E-state index contributed by atoms with van der Waals surface area (Å²) in [6, 6.07) is 11.1. The Morgan fingerprint density at radius 2 is 2.08 bits per heavy atom. The molecule has 3 heterocycles. The van der Waals surface area contributed by atoms with Crippen molar-refractivity contribution in [2.24, 2.45) is 5.92 Å². The lowest BCUT2D eigenvalue weighted by Crippen LogP contribution is -2.44. The van der Waals surface area contributed by atoms with Gasteiger partial charge >= 0.3 is 0 Å². The minimum Gasteiger partial charge on any atom is -0.497 e. The number of aryl methyl sites for hydroxylation is 1. The Morgan fingerprint density at radius 3 is 2.78 bits per heavy atom. The molecule has 2 aromatic carbocycles. The van der Waals surface area contributed by atoms with Gasteiger partial charge < -0.3 is 10.1 Å². The van der Waals surface area contributed by atoms with Gasteiger partial charge in [0.25, 0.3) is 10.0 Å². The molecular formula is C27H33FN4O3S2. The van der Waals surface area contributed by atoms with E-state index in [-0.39, 0.29) is 15.6 Å². The van der Waals surface area contributed by atoms with Crippen molar-refractivity contribution in [1.29, 1.82) is 0 Å². The summed E-state index contributed by atoms with van der Waals surface area (Å²) in [6.45, 7) is 4.80. The molecule has 2 aliphatic rings. The van der Waals surface area contributed by atoms with Gasteiger partial charge in [0, 0.05) is 35.9 Å². The summed E-state index contributed by atoms with van der Waals surface area (Å²) < 4.78 is 48.4. The van der Waals surface area contributed by atoms with Crippen LogP contribution >= 0.6 is 11.3 Å². The molecule has 3 aromatic rings. The van der Waals surface area contributed by atoms with E-state index in [4.69, 9.17) is 4.74 Å². The maximum atomic E-state index is 15.1. The summed E-state index contributed by atoms with van der Waals surface area (Å²) in [5.41, 5.74) is 2.78. The van der Waals surface area contributed by atoms with Crippen LogP contribution in [0, 0.1) is 11.7 Å². The number of halogens is 1. The van der Waals surface area contributed by atoms with Crippen LogP contribution in [0.2, 0.25) is 0 Å². The number of ether oxygens (including phenoxy) is 1. The lowest BCUT2D eigenvalue weighted by molar-refractivity contribution is 0.209. The van der Waals surface area contributed by atoms with Crippen LogP contribution in [0.25, 0.3) is 0 Å². The van der Waals surface area contributed by atoms with E-state index in [9.17, 15) is 8.42 Å². The van der Waals surface area contributed by atoms with Crippen LogP contribution in [-0.4, -0.2) is 50.6 Å². The number of methoxy groups -OCH3 is 1. The average Bonchev–Trinajstić information content (AvgIpc) is 3.59. The Bertz CT molecular complexity index is 1330. The maximum Gasteiger partial charge on any atom is 0.266 e. The Labute approximate surface area is 222 Å². The van der Waals surface area contributed by atoms with Crippen molar-refractivity contribution >= 4 is 32.2 Å². The van der Waals surface area contributed by atoms with Crippen molar-refractivity contribution in [2.45, 2.75) is 49.5 Å². The number of nitrogens with one attached hydrogen (secondary N) is 2. The maximum absolute atomic E-state index is 15.1. The van der Waals surface area contributed by atoms with Gasteiger partial charge in [0.1, 0.15) is 16.5 Å². The van der Waals surface area contributed by atoms with Crippen LogP contribution in [0.1, 0.15) is 37.3 Å². The molecule has 7 nitrogen and oxygen atoms in total. The Balaban J connectivity index is 1.30. The highest BCUT2D eigenvalue weighted by Gasteiger charge is 2.48. The lowest BCUT2D eigenvalue weighted by atomic mass is 9.87. The normalized spacial score (nSPS) is 21.6. The zero-order valence-electron chi connectivity index (χ0n) is 21.2. The second-order valence-corrected chi connectivity index (χ2v) is 12.5. The molecule has 10 heteroatoms. The molecule has 0 spiro atoms. The fraction of sp³-hybridized carbons (Fsp3) is 0.444. The molecule has 5 rings (SSSR count). The van der Waals surface area contributed by atoms with Crippen LogP contribution in [0.4, 0.5) is 15.2 Å². The third-order valence-corrected chi connectivity index (χ3v) is 9.83. The molecule has 0 amide bonds. The van der Waals surface area contributed by atoms with E-state index in [2.05, 4.69) is 32.1 Å². The van der Waals surface area contributed by atoms with Crippen molar-refractivity contribution < 1.29 is 17.5 Å². The molecule has 0 aliphatic carbocycles. The van der Waals surface area contributed by atoms with Gasteiger partial charge in [0.2, 0.25) is 0 Å². The first-order chi connectivity index (χ1) is 17.8. The molecule has 2 atom stereocenters. The third-order valence-electron chi connectivity index (χ3n) is 7.66. The van der Waals surface area contributed by atoms with Crippen molar-refractivity contribution in [2.75, 3.05) is 36.8 Å². The van der Waals surface area contributed by atoms with Gasteiger partial charge in [-0.15, -0.1) is 11.3 Å². The first kappa shape index (κ1) is 25.9.